The van der Waals surface area contributed by atoms with Gasteiger partial charge in [0.05, 0.1) is 4.90 Å². The maximum absolute atomic E-state index is 12.2. The highest BCUT2D eigenvalue weighted by atomic mass is 32.2. The van der Waals surface area contributed by atoms with Gasteiger partial charge >= 0.3 is 0 Å². The van der Waals surface area contributed by atoms with E-state index >= 15 is 0 Å². The average Bonchev–Trinajstić information content (AvgIpc) is 2.37. The van der Waals surface area contributed by atoms with Gasteiger partial charge in [0.25, 0.3) is 0 Å². The summed E-state index contributed by atoms with van der Waals surface area (Å²) < 4.78 is 27.1. The van der Waals surface area contributed by atoms with Gasteiger partial charge in [-0.3, -0.25) is 0 Å². The molecule has 0 saturated carbocycles. The van der Waals surface area contributed by atoms with E-state index in [9.17, 15) is 8.42 Å². The fraction of sp³-hybridized carbons (Fsp3) is 0.538. The highest BCUT2D eigenvalue weighted by Gasteiger charge is 2.16. The molecule has 0 aliphatic rings. The molecule has 0 amide bonds. The molecule has 0 aliphatic heterocycles. The summed E-state index contributed by atoms with van der Waals surface area (Å²) in [4.78, 5) is 0.379. The van der Waals surface area contributed by atoms with Gasteiger partial charge < -0.3 is 5.32 Å². The Hall–Kier alpha value is -0.560. The number of sulfonamides is 1. The topological polar surface area (TPSA) is 58.2 Å². The Morgan fingerprint density at radius 3 is 2.68 bits per heavy atom. The summed E-state index contributed by atoms with van der Waals surface area (Å²) in [5, 5.41) is 3.02. The second-order valence-electron chi connectivity index (χ2n) is 4.37. The standard InChI is InChI=1S/C13H22N2O2S2/c1-11-5-6-12(10-14-2)9-13(11)19(16,17)15-7-4-8-18-3/h5-6,9,14-15H,4,7-8,10H2,1-3H3. The lowest BCUT2D eigenvalue weighted by molar-refractivity contribution is 0.580. The van der Waals surface area contributed by atoms with Crippen LogP contribution in [0.3, 0.4) is 0 Å². The zero-order valence-electron chi connectivity index (χ0n) is 11.7. The summed E-state index contributed by atoms with van der Waals surface area (Å²) in [7, 11) is -1.56. The van der Waals surface area contributed by atoms with E-state index in [0.29, 0.717) is 18.0 Å². The van der Waals surface area contributed by atoms with Crippen molar-refractivity contribution in [2.75, 3.05) is 25.6 Å². The summed E-state index contributed by atoms with van der Waals surface area (Å²) >= 11 is 1.72. The molecule has 0 unspecified atom stereocenters. The second-order valence-corrected chi connectivity index (χ2v) is 7.10. The van der Waals surface area contributed by atoms with Gasteiger partial charge in [0.2, 0.25) is 10.0 Å². The lowest BCUT2D eigenvalue weighted by Gasteiger charge is -2.11. The van der Waals surface area contributed by atoms with Crippen LogP contribution in [0.5, 0.6) is 0 Å². The lowest BCUT2D eigenvalue weighted by Crippen LogP contribution is -2.26. The van der Waals surface area contributed by atoms with E-state index in [0.717, 1.165) is 23.3 Å². The Morgan fingerprint density at radius 2 is 2.05 bits per heavy atom. The molecule has 0 heterocycles. The normalized spacial score (nSPS) is 11.7. The molecule has 0 radical (unpaired) electrons. The highest BCUT2D eigenvalue weighted by molar-refractivity contribution is 7.98. The Balaban J connectivity index is 2.84. The van der Waals surface area contributed by atoms with Crippen molar-refractivity contribution in [3.63, 3.8) is 0 Å². The van der Waals surface area contributed by atoms with Crippen LogP contribution in [0.25, 0.3) is 0 Å². The molecule has 0 saturated heterocycles. The van der Waals surface area contributed by atoms with Crippen LogP contribution >= 0.6 is 11.8 Å². The van der Waals surface area contributed by atoms with Gasteiger partial charge in [-0.25, -0.2) is 13.1 Å². The minimum atomic E-state index is -3.40. The van der Waals surface area contributed by atoms with Crippen LogP contribution in [-0.2, 0) is 16.6 Å². The molecule has 108 valence electrons. The third kappa shape index (κ3) is 5.14. The molecule has 1 aromatic rings. The van der Waals surface area contributed by atoms with Crippen LogP contribution < -0.4 is 10.0 Å². The number of thioether (sulfide) groups is 1. The van der Waals surface area contributed by atoms with Crippen molar-refractivity contribution in [3.8, 4) is 0 Å². The van der Waals surface area contributed by atoms with Gasteiger partial charge in [0, 0.05) is 13.1 Å². The van der Waals surface area contributed by atoms with Gasteiger partial charge in [0.1, 0.15) is 0 Å². The first kappa shape index (κ1) is 16.5. The molecule has 0 spiro atoms. The molecule has 0 bridgehead atoms. The lowest BCUT2D eigenvalue weighted by atomic mass is 10.1. The maximum Gasteiger partial charge on any atom is 0.240 e. The number of hydrogen-bond acceptors (Lipinski definition) is 4. The number of hydrogen-bond donors (Lipinski definition) is 2. The minimum Gasteiger partial charge on any atom is -0.316 e. The SMILES string of the molecule is CNCc1ccc(C)c(S(=O)(=O)NCCCSC)c1. The van der Waals surface area contributed by atoms with Crippen molar-refractivity contribution >= 4 is 21.8 Å². The molecular formula is C13H22N2O2S2. The van der Waals surface area contributed by atoms with Crippen molar-refractivity contribution in [1.29, 1.82) is 0 Å². The van der Waals surface area contributed by atoms with Gasteiger partial charge in [-0.1, -0.05) is 12.1 Å². The fourth-order valence-electron chi connectivity index (χ4n) is 1.75. The zero-order valence-corrected chi connectivity index (χ0v) is 13.3. The van der Waals surface area contributed by atoms with E-state index in [2.05, 4.69) is 10.0 Å². The summed E-state index contributed by atoms with van der Waals surface area (Å²) in [5.41, 5.74) is 1.75. The summed E-state index contributed by atoms with van der Waals surface area (Å²) in [6, 6.07) is 5.53. The van der Waals surface area contributed by atoms with Crippen molar-refractivity contribution in [1.82, 2.24) is 10.0 Å². The molecule has 6 heteroatoms. The van der Waals surface area contributed by atoms with Gasteiger partial charge in [-0.2, -0.15) is 11.8 Å². The van der Waals surface area contributed by atoms with Crippen LogP contribution in [0.15, 0.2) is 23.1 Å². The molecule has 4 nitrogen and oxygen atoms in total. The summed E-state index contributed by atoms with van der Waals surface area (Å²) in [5.74, 6) is 0.960. The molecule has 0 fully saturated rings. The first-order valence-electron chi connectivity index (χ1n) is 6.24. The molecule has 19 heavy (non-hydrogen) atoms. The van der Waals surface area contributed by atoms with E-state index < -0.39 is 10.0 Å². The smallest absolute Gasteiger partial charge is 0.240 e. The molecule has 0 atom stereocenters. The largest absolute Gasteiger partial charge is 0.316 e. The minimum absolute atomic E-state index is 0.379. The molecule has 1 aromatic carbocycles. The van der Waals surface area contributed by atoms with Crippen LogP contribution in [0.4, 0.5) is 0 Å². The molecular weight excluding hydrogens is 280 g/mol. The Kier molecular flexibility index (Phi) is 6.85. The van der Waals surface area contributed by atoms with Gasteiger partial charge in [-0.05, 0) is 49.6 Å². The van der Waals surface area contributed by atoms with E-state index in [-0.39, 0.29) is 0 Å². The zero-order chi connectivity index (χ0) is 14.3. The van der Waals surface area contributed by atoms with Crippen molar-refractivity contribution in [3.05, 3.63) is 29.3 Å². The van der Waals surface area contributed by atoms with Crippen molar-refractivity contribution in [2.45, 2.75) is 24.8 Å². The van der Waals surface area contributed by atoms with E-state index in [4.69, 9.17) is 0 Å². The van der Waals surface area contributed by atoms with E-state index in [1.807, 2.05) is 32.4 Å². The quantitative estimate of drug-likeness (QED) is 0.718. The van der Waals surface area contributed by atoms with Gasteiger partial charge in [-0.15, -0.1) is 0 Å². The van der Waals surface area contributed by atoms with Crippen LogP contribution in [0.2, 0.25) is 0 Å². The first-order valence-corrected chi connectivity index (χ1v) is 9.11. The maximum atomic E-state index is 12.2. The number of benzene rings is 1. The van der Waals surface area contributed by atoms with E-state index in [1.165, 1.54) is 0 Å². The number of aryl methyl sites for hydroxylation is 1. The van der Waals surface area contributed by atoms with Crippen molar-refractivity contribution < 1.29 is 8.42 Å². The van der Waals surface area contributed by atoms with Crippen LogP contribution in [0.1, 0.15) is 17.5 Å². The predicted molar refractivity (Wildman–Crippen MR) is 82.1 cm³/mol. The Morgan fingerprint density at radius 1 is 1.32 bits per heavy atom. The number of rotatable bonds is 8. The molecule has 2 N–H and O–H groups in total. The first-order chi connectivity index (χ1) is 9.01. The van der Waals surface area contributed by atoms with Crippen LogP contribution in [-0.4, -0.2) is 34.0 Å². The Bertz CT molecular complexity index is 501. The summed E-state index contributed by atoms with van der Waals surface area (Å²) in [6.07, 6.45) is 2.86. The molecule has 0 aliphatic carbocycles. The molecule has 1 rings (SSSR count). The van der Waals surface area contributed by atoms with Crippen molar-refractivity contribution in [2.24, 2.45) is 0 Å². The monoisotopic (exact) mass is 302 g/mol. The Labute approximate surface area is 120 Å². The average molecular weight is 302 g/mol. The second kappa shape index (κ2) is 7.89. The highest BCUT2D eigenvalue weighted by Crippen LogP contribution is 2.17. The summed E-state index contributed by atoms with van der Waals surface area (Å²) in [6.45, 7) is 2.97. The fourth-order valence-corrected chi connectivity index (χ4v) is 3.55. The predicted octanol–water partition coefficient (Wildman–Crippen LogP) is 1.75. The van der Waals surface area contributed by atoms with E-state index in [1.54, 1.807) is 17.8 Å². The van der Waals surface area contributed by atoms with Gasteiger partial charge in [0.15, 0.2) is 0 Å². The third-order valence-electron chi connectivity index (χ3n) is 2.74. The number of nitrogens with one attached hydrogen (secondary N) is 2. The molecule has 0 aromatic heterocycles. The third-order valence-corrected chi connectivity index (χ3v) is 5.04. The van der Waals surface area contributed by atoms with Crippen LogP contribution in [0, 0.1) is 6.92 Å².